The van der Waals surface area contributed by atoms with Crippen molar-refractivity contribution in [2.24, 2.45) is 0 Å². The van der Waals surface area contributed by atoms with Gasteiger partial charge in [-0.25, -0.2) is 0 Å². The summed E-state index contributed by atoms with van der Waals surface area (Å²) in [5.41, 5.74) is 0. The van der Waals surface area contributed by atoms with Gasteiger partial charge in [-0.2, -0.15) is 0 Å². The normalized spacial score (nSPS) is 11.3. The van der Waals surface area contributed by atoms with Crippen LogP contribution >= 0.6 is 0 Å². The van der Waals surface area contributed by atoms with Gasteiger partial charge in [-0.05, 0) is 13.8 Å². The number of nitrogens with one attached hydrogen (secondary N) is 3. The van der Waals surface area contributed by atoms with Gasteiger partial charge in [0.15, 0.2) is 0 Å². The molecule has 0 aliphatic rings. The molecule has 0 spiro atoms. The SMILES string of the molecule is C#C.CC.CC(=O)NC(O)OCCOCCNC=O.CCNC=O.COC(CO)C(C)O. The monoisotopic (exact) mass is 469 g/mol. The molecule has 0 bridgehead atoms. The maximum absolute atomic E-state index is 10.4. The minimum Gasteiger partial charge on any atom is -0.394 e. The predicted molar refractivity (Wildman–Crippen MR) is 121 cm³/mol. The molecule has 0 aromatic heterocycles. The number of hydrogen-bond acceptors (Lipinski definition) is 9. The van der Waals surface area contributed by atoms with Gasteiger partial charge in [0.25, 0.3) is 0 Å². The van der Waals surface area contributed by atoms with E-state index < -0.39 is 18.6 Å². The number of amides is 3. The van der Waals surface area contributed by atoms with Gasteiger partial charge in [-0.15, -0.1) is 12.8 Å². The van der Waals surface area contributed by atoms with Gasteiger partial charge in [-0.1, -0.05) is 13.8 Å². The van der Waals surface area contributed by atoms with E-state index in [1.165, 1.54) is 14.0 Å². The fourth-order valence-corrected chi connectivity index (χ4v) is 1.23. The van der Waals surface area contributed by atoms with Crippen LogP contribution in [0.4, 0.5) is 0 Å². The molecule has 0 heterocycles. The van der Waals surface area contributed by atoms with Crippen molar-refractivity contribution in [1.29, 1.82) is 0 Å². The van der Waals surface area contributed by atoms with Crippen LogP contribution in [-0.2, 0) is 28.6 Å². The van der Waals surface area contributed by atoms with Crippen LogP contribution in [0, 0.1) is 12.8 Å². The Bertz CT molecular complexity index is 394. The summed E-state index contributed by atoms with van der Waals surface area (Å²) in [4.78, 5) is 29.6. The Kier molecular flexibility index (Phi) is 49.2. The van der Waals surface area contributed by atoms with Crippen LogP contribution in [0.25, 0.3) is 0 Å². The van der Waals surface area contributed by atoms with E-state index in [1.54, 1.807) is 6.92 Å². The highest BCUT2D eigenvalue weighted by Crippen LogP contribution is 1.94. The smallest absolute Gasteiger partial charge is 0.237 e. The molecule has 0 aliphatic carbocycles. The van der Waals surface area contributed by atoms with Crippen molar-refractivity contribution in [3.05, 3.63) is 0 Å². The number of aliphatic hydroxyl groups excluding tert-OH is 3. The van der Waals surface area contributed by atoms with Crippen LogP contribution in [0.2, 0.25) is 0 Å². The van der Waals surface area contributed by atoms with Crippen LogP contribution in [0.5, 0.6) is 0 Å². The van der Waals surface area contributed by atoms with Crippen molar-refractivity contribution in [2.45, 2.75) is 53.2 Å². The lowest BCUT2D eigenvalue weighted by Crippen LogP contribution is -2.35. The first kappa shape index (κ1) is 40.1. The van der Waals surface area contributed by atoms with E-state index in [0.717, 1.165) is 6.54 Å². The number of carbonyl (C=O) groups is 3. The van der Waals surface area contributed by atoms with Crippen molar-refractivity contribution >= 4 is 18.7 Å². The molecular formula is C20H43N3O9. The Morgan fingerprint density at radius 1 is 1.06 bits per heavy atom. The lowest BCUT2D eigenvalue weighted by molar-refractivity contribution is -0.149. The zero-order valence-corrected chi connectivity index (χ0v) is 20.1. The van der Waals surface area contributed by atoms with Gasteiger partial charge >= 0.3 is 0 Å². The molecule has 0 rings (SSSR count). The molecule has 32 heavy (non-hydrogen) atoms. The zero-order valence-electron chi connectivity index (χ0n) is 20.1. The second-order valence-electron chi connectivity index (χ2n) is 4.98. The summed E-state index contributed by atoms with van der Waals surface area (Å²) in [5.74, 6) is -0.376. The molecule has 0 fully saturated rings. The summed E-state index contributed by atoms with van der Waals surface area (Å²) in [6, 6.07) is 0. The quantitative estimate of drug-likeness (QED) is 0.0771. The number of aliphatic hydroxyl groups is 3. The maximum atomic E-state index is 10.4. The van der Waals surface area contributed by atoms with Crippen LogP contribution in [0.15, 0.2) is 0 Å². The third-order valence-corrected chi connectivity index (χ3v) is 2.61. The molecule has 3 amide bonds. The minimum absolute atomic E-state index is 0.131. The van der Waals surface area contributed by atoms with Crippen LogP contribution in [-0.4, -0.2) is 99.3 Å². The van der Waals surface area contributed by atoms with Crippen LogP contribution in [0.3, 0.4) is 0 Å². The predicted octanol–water partition coefficient (Wildman–Crippen LogP) is -1.42. The molecule has 0 aliphatic heterocycles. The zero-order chi connectivity index (χ0) is 26.2. The first-order valence-corrected chi connectivity index (χ1v) is 9.94. The van der Waals surface area contributed by atoms with Crippen molar-refractivity contribution in [3.8, 4) is 12.8 Å². The third kappa shape index (κ3) is 46.1. The fraction of sp³-hybridized carbons (Fsp3) is 0.750. The van der Waals surface area contributed by atoms with Gasteiger partial charge in [0.2, 0.25) is 25.1 Å². The van der Waals surface area contributed by atoms with E-state index in [9.17, 15) is 14.4 Å². The lowest BCUT2D eigenvalue weighted by atomic mass is 10.2. The molecule has 0 saturated heterocycles. The second kappa shape index (κ2) is 39.2. The Morgan fingerprint density at radius 2 is 1.59 bits per heavy atom. The van der Waals surface area contributed by atoms with E-state index in [2.05, 4.69) is 33.5 Å². The Labute approximate surface area is 192 Å². The standard InChI is InChI=1S/C8H16N2O5.C5H12O3.C3H7NO.C2H6.C2H2/c1-7(12)10-8(13)15-5-4-14-3-2-9-6-11;1-4(7)5(3-6)8-2;1-2-4-3-5;2*1-2/h6,8,13H,2-5H2,1H3,(H,9,11)(H,10,12);4-7H,3H2,1-2H3;3H,2H2,1H3,(H,4,5);1-2H3;1-2H. The van der Waals surface area contributed by atoms with Gasteiger partial charge in [-0.3, -0.25) is 14.4 Å². The number of rotatable bonds is 14. The molecule has 0 radical (unpaired) electrons. The largest absolute Gasteiger partial charge is 0.394 e. The van der Waals surface area contributed by atoms with Crippen molar-refractivity contribution in [1.82, 2.24) is 16.0 Å². The number of hydrogen-bond donors (Lipinski definition) is 6. The minimum atomic E-state index is -1.31. The summed E-state index contributed by atoms with van der Waals surface area (Å²) in [6.07, 6.45) is 6.93. The van der Waals surface area contributed by atoms with Crippen LogP contribution in [0.1, 0.15) is 34.6 Å². The van der Waals surface area contributed by atoms with Gasteiger partial charge in [0, 0.05) is 27.1 Å². The van der Waals surface area contributed by atoms with Crippen molar-refractivity contribution in [3.63, 3.8) is 0 Å². The average Bonchev–Trinajstić information content (AvgIpc) is 2.77. The lowest BCUT2D eigenvalue weighted by Gasteiger charge is -2.13. The molecule has 0 aromatic carbocycles. The van der Waals surface area contributed by atoms with E-state index in [4.69, 9.17) is 24.8 Å². The molecule has 0 aromatic rings. The number of terminal acetylenes is 1. The fourth-order valence-electron chi connectivity index (χ4n) is 1.23. The highest BCUT2D eigenvalue weighted by Gasteiger charge is 2.10. The third-order valence-electron chi connectivity index (χ3n) is 2.61. The van der Waals surface area contributed by atoms with E-state index in [-0.39, 0.29) is 25.7 Å². The number of methoxy groups -OCH3 is 1. The molecule has 3 unspecified atom stereocenters. The number of carbonyl (C=O) groups excluding carboxylic acids is 3. The van der Waals surface area contributed by atoms with Gasteiger partial charge in [0.05, 0.1) is 32.5 Å². The molecular weight excluding hydrogens is 426 g/mol. The number of ether oxygens (including phenoxy) is 3. The van der Waals surface area contributed by atoms with Crippen molar-refractivity contribution in [2.75, 3.05) is 46.6 Å². The van der Waals surface area contributed by atoms with E-state index in [1.807, 2.05) is 20.8 Å². The molecule has 192 valence electrons. The summed E-state index contributed by atoms with van der Waals surface area (Å²) in [6.45, 7) is 10.5. The summed E-state index contributed by atoms with van der Waals surface area (Å²) in [7, 11) is 1.45. The topological polar surface area (TPSA) is 176 Å². The molecule has 12 heteroatoms. The molecule has 6 N–H and O–H groups in total. The first-order chi connectivity index (χ1) is 15.3. The summed E-state index contributed by atoms with van der Waals surface area (Å²) in [5, 5.41) is 33.1. The highest BCUT2D eigenvalue weighted by molar-refractivity contribution is 5.72. The van der Waals surface area contributed by atoms with Gasteiger partial charge < -0.3 is 45.5 Å². The van der Waals surface area contributed by atoms with Gasteiger partial charge in [0.1, 0.15) is 6.10 Å². The van der Waals surface area contributed by atoms with Crippen molar-refractivity contribution < 1.29 is 43.9 Å². The Morgan fingerprint density at radius 3 is 1.88 bits per heavy atom. The molecule has 12 nitrogen and oxygen atoms in total. The highest BCUT2D eigenvalue weighted by atomic mass is 16.6. The average molecular weight is 470 g/mol. The summed E-state index contributed by atoms with van der Waals surface area (Å²) < 4.78 is 14.4. The Balaban J connectivity index is -0.000000120. The first-order valence-electron chi connectivity index (χ1n) is 9.94. The Hall–Kier alpha value is -2.27. The summed E-state index contributed by atoms with van der Waals surface area (Å²) >= 11 is 0. The molecule has 3 atom stereocenters. The maximum Gasteiger partial charge on any atom is 0.237 e. The van der Waals surface area contributed by atoms with E-state index >= 15 is 0 Å². The van der Waals surface area contributed by atoms with Crippen LogP contribution < -0.4 is 16.0 Å². The van der Waals surface area contributed by atoms with E-state index in [0.29, 0.717) is 26.0 Å². The molecule has 0 saturated carbocycles. The second-order valence-corrected chi connectivity index (χ2v) is 4.98.